The van der Waals surface area contributed by atoms with Gasteiger partial charge in [-0.2, -0.15) is 0 Å². The SMILES string of the molecule is CN.Cc1ccc(C(=C2C=CC(=[N+](C)C)C=C2)c2ccc(C)cc2C(=O)O)cc1. The normalized spacial score (nSPS) is 12.3. The number of benzene rings is 2. The molecule has 3 rings (SSSR count). The van der Waals surface area contributed by atoms with Crippen molar-refractivity contribution in [2.75, 3.05) is 21.1 Å². The molecule has 0 aromatic heterocycles. The van der Waals surface area contributed by atoms with E-state index in [1.54, 1.807) is 6.07 Å². The van der Waals surface area contributed by atoms with Crippen LogP contribution in [0.2, 0.25) is 0 Å². The summed E-state index contributed by atoms with van der Waals surface area (Å²) in [5.41, 5.74) is 11.7. The number of aromatic carboxylic acids is 1. The van der Waals surface area contributed by atoms with Crippen molar-refractivity contribution in [3.63, 3.8) is 0 Å². The molecule has 0 saturated heterocycles. The van der Waals surface area contributed by atoms with Crippen molar-refractivity contribution < 1.29 is 14.5 Å². The lowest BCUT2D eigenvalue weighted by Gasteiger charge is -2.16. The molecule has 0 bridgehead atoms. The maximum Gasteiger partial charge on any atom is 0.336 e. The van der Waals surface area contributed by atoms with Crippen LogP contribution in [-0.4, -0.2) is 42.5 Å². The predicted molar refractivity (Wildman–Crippen MR) is 121 cm³/mol. The highest BCUT2D eigenvalue weighted by atomic mass is 16.4. The number of carbonyl (C=O) groups is 1. The molecule has 29 heavy (non-hydrogen) atoms. The van der Waals surface area contributed by atoms with Crippen LogP contribution in [0, 0.1) is 13.8 Å². The predicted octanol–water partition coefficient (Wildman–Crippen LogP) is 4.22. The van der Waals surface area contributed by atoms with Crippen LogP contribution in [-0.2, 0) is 0 Å². The highest BCUT2D eigenvalue weighted by molar-refractivity contribution is 6.05. The Kier molecular flexibility index (Phi) is 7.46. The fraction of sp³-hybridized carbons (Fsp3) is 0.200. The molecule has 0 fully saturated rings. The van der Waals surface area contributed by atoms with E-state index in [2.05, 4.69) is 54.3 Å². The van der Waals surface area contributed by atoms with Gasteiger partial charge in [-0.3, -0.25) is 0 Å². The van der Waals surface area contributed by atoms with E-state index in [-0.39, 0.29) is 0 Å². The first-order valence-electron chi connectivity index (χ1n) is 9.50. The van der Waals surface area contributed by atoms with Crippen molar-refractivity contribution in [1.29, 1.82) is 0 Å². The van der Waals surface area contributed by atoms with Gasteiger partial charge in [0, 0.05) is 12.2 Å². The van der Waals surface area contributed by atoms with Gasteiger partial charge in [0.05, 0.1) is 5.56 Å². The molecule has 0 atom stereocenters. The Balaban J connectivity index is 0.00000145. The van der Waals surface area contributed by atoms with Gasteiger partial charge in [-0.25, -0.2) is 9.37 Å². The Hall–Kier alpha value is -3.24. The van der Waals surface area contributed by atoms with Gasteiger partial charge in [0.1, 0.15) is 14.1 Å². The molecule has 0 heterocycles. The fourth-order valence-electron chi connectivity index (χ4n) is 3.18. The number of aryl methyl sites for hydroxylation is 2. The molecule has 150 valence electrons. The summed E-state index contributed by atoms with van der Waals surface area (Å²) >= 11 is 0. The molecule has 4 heteroatoms. The summed E-state index contributed by atoms with van der Waals surface area (Å²) in [5, 5.41) is 9.77. The van der Waals surface area contributed by atoms with E-state index >= 15 is 0 Å². The first kappa shape index (κ1) is 22.1. The number of rotatable bonds is 3. The maximum absolute atomic E-state index is 11.9. The van der Waals surface area contributed by atoms with Crippen LogP contribution in [0.4, 0.5) is 0 Å². The standard InChI is InChI=1S/C24H23NO2.CH5N/c1-16-5-8-18(9-6-16)23(19-10-12-20(13-11-19)25(3)4)21-14-7-17(2)15-22(21)24(26)27;1-2/h5-15H,1-4H3;2H2,1H3/p+1. The largest absolute Gasteiger partial charge is 0.478 e. The van der Waals surface area contributed by atoms with Gasteiger partial charge in [-0.1, -0.05) is 47.5 Å². The Morgan fingerprint density at radius 3 is 1.90 bits per heavy atom. The minimum absolute atomic E-state index is 0.322. The number of carboxylic acids is 1. The lowest BCUT2D eigenvalue weighted by atomic mass is 9.87. The average molecular weight is 390 g/mol. The molecular formula is C25H29N2O2+. The minimum atomic E-state index is -0.914. The Morgan fingerprint density at radius 1 is 0.828 bits per heavy atom. The van der Waals surface area contributed by atoms with Crippen LogP contribution in [0.5, 0.6) is 0 Å². The van der Waals surface area contributed by atoms with E-state index in [9.17, 15) is 9.90 Å². The van der Waals surface area contributed by atoms with Gasteiger partial charge in [0.15, 0.2) is 5.71 Å². The maximum atomic E-state index is 11.9. The zero-order valence-corrected chi connectivity index (χ0v) is 17.7. The molecular weight excluding hydrogens is 360 g/mol. The molecule has 0 radical (unpaired) electrons. The lowest BCUT2D eigenvalue weighted by molar-refractivity contribution is -0.462. The van der Waals surface area contributed by atoms with Crippen LogP contribution in [0.25, 0.3) is 5.57 Å². The zero-order chi connectivity index (χ0) is 21.6. The molecule has 2 aromatic carbocycles. The van der Waals surface area contributed by atoms with Crippen LogP contribution in [0.1, 0.15) is 32.6 Å². The second kappa shape index (κ2) is 9.80. The molecule has 3 N–H and O–H groups in total. The summed E-state index contributed by atoms with van der Waals surface area (Å²) in [4.78, 5) is 11.9. The van der Waals surface area contributed by atoms with Crippen LogP contribution in [0.15, 0.2) is 72.3 Å². The minimum Gasteiger partial charge on any atom is -0.478 e. The van der Waals surface area contributed by atoms with E-state index in [4.69, 9.17) is 0 Å². The molecule has 0 spiro atoms. The second-order valence-electron chi connectivity index (χ2n) is 7.04. The van der Waals surface area contributed by atoms with E-state index in [1.807, 2.05) is 44.7 Å². The number of nitrogens with zero attached hydrogens (tertiary/aromatic N) is 1. The second-order valence-corrected chi connectivity index (χ2v) is 7.04. The third-order valence-electron chi connectivity index (χ3n) is 4.69. The molecule has 1 aliphatic rings. The van der Waals surface area contributed by atoms with Gasteiger partial charge in [0.25, 0.3) is 0 Å². The fourth-order valence-corrected chi connectivity index (χ4v) is 3.18. The quantitative estimate of drug-likeness (QED) is 0.773. The number of allylic oxidation sites excluding steroid dienone is 5. The topological polar surface area (TPSA) is 66.3 Å². The molecule has 2 aromatic rings. The van der Waals surface area contributed by atoms with E-state index in [0.29, 0.717) is 5.56 Å². The molecule has 4 nitrogen and oxygen atoms in total. The van der Waals surface area contributed by atoms with Gasteiger partial charge in [-0.05, 0) is 61.4 Å². The van der Waals surface area contributed by atoms with E-state index in [1.165, 1.54) is 12.6 Å². The first-order valence-corrected chi connectivity index (χ1v) is 9.50. The van der Waals surface area contributed by atoms with Crippen molar-refractivity contribution in [3.05, 3.63) is 100 Å². The third kappa shape index (κ3) is 5.18. The van der Waals surface area contributed by atoms with Gasteiger partial charge in [-0.15, -0.1) is 0 Å². The number of hydrogen-bond donors (Lipinski definition) is 2. The smallest absolute Gasteiger partial charge is 0.336 e. The van der Waals surface area contributed by atoms with Crippen molar-refractivity contribution in [2.45, 2.75) is 13.8 Å². The van der Waals surface area contributed by atoms with Gasteiger partial charge >= 0.3 is 5.97 Å². The van der Waals surface area contributed by atoms with Crippen molar-refractivity contribution >= 4 is 17.3 Å². The highest BCUT2D eigenvalue weighted by Gasteiger charge is 2.19. The number of carboxylic acid groups (broad SMARTS) is 1. The summed E-state index contributed by atoms with van der Waals surface area (Å²) in [5.74, 6) is -0.914. The molecule has 0 unspecified atom stereocenters. The summed E-state index contributed by atoms with van der Waals surface area (Å²) in [6, 6.07) is 13.8. The van der Waals surface area contributed by atoms with E-state index in [0.717, 1.165) is 33.5 Å². The molecule has 0 aliphatic heterocycles. The Bertz CT molecular complexity index is 1000. The molecule has 0 saturated carbocycles. The monoisotopic (exact) mass is 389 g/mol. The van der Waals surface area contributed by atoms with Crippen LogP contribution < -0.4 is 5.73 Å². The Labute approximate surface area is 173 Å². The lowest BCUT2D eigenvalue weighted by Crippen LogP contribution is -2.10. The van der Waals surface area contributed by atoms with Crippen molar-refractivity contribution in [2.24, 2.45) is 5.73 Å². The van der Waals surface area contributed by atoms with Crippen molar-refractivity contribution in [1.82, 2.24) is 0 Å². The van der Waals surface area contributed by atoms with E-state index < -0.39 is 5.97 Å². The summed E-state index contributed by atoms with van der Waals surface area (Å²) in [6.07, 6.45) is 8.21. The van der Waals surface area contributed by atoms with Gasteiger partial charge in [0.2, 0.25) is 0 Å². The van der Waals surface area contributed by atoms with Crippen LogP contribution >= 0.6 is 0 Å². The van der Waals surface area contributed by atoms with Crippen LogP contribution in [0.3, 0.4) is 0 Å². The third-order valence-corrected chi connectivity index (χ3v) is 4.69. The first-order chi connectivity index (χ1) is 13.9. The summed E-state index contributed by atoms with van der Waals surface area (Å²) in [7, 11) is 5.50. The number of hydrogen-bond acceptors (Lipinski definition) is 2. The zero-order valence-electron chi connectivity index (χ0n) is 17.7. The summed E-state index contributed by atoms with van der Waals surface area (Å²) < 4.78 is 2.05. The average Bonchev–Trinajstić information content (AvgIpc) is 2.72. The summed E-state index contributed by atoms with van der Waals surface area (Å²) in [6.45, 7) is 3.96. The number of nitrogens with two attached hydrogens (primary N) is 1. The molecule has 0 amide bonds. The molecule has 1 aliphatic carbocycles. The highest BCUT2D eigenvalue weighted by Crippen LogP contribution is 2.32. The van der Waals surface area contributed by atoms with Gasteiger partial charge < -0.3 is 10.8 Å². The van der Waals surface area contributed by atoms with Crippen molar-refractivity contribution in [3.8, 4) is 0 Å². The Morgan fingerprint density at radius 2 is 1.38 bits per heavy atom.